The maximum Gasteiger partial charge on any atom is 0.282 e. The highest BCUT2D eigenvalue weighted by atomic mass is 16.6. The van der Waals surface area contributed by atoms with Gasteiger partial charge in [0.15, 0.2) is 0 Å². The van der Waals surface area contributed by atoms with E-state index in [4.69, 9.17) is 4.74 Å². The minimum Gasteiger partial charge on any atom is -0.372 e. The molecule has 0 aliphatic carbocycles. The topological polar surface area (TPSA) is 81.5 Å². The smallest absolute Gasteiger partial charge is 0.282 e. The molecule has 28 heavy (non-hydrogen) atoms. The summed E-state index contributed by atoms with van der Waals surface area (Å²) in [6, 6.07) is 23.4. The van der Waals surface area contributed by atoms with Crippen molar-refractivity contribution in [3.8, 4) is 0 Å². The number of hydrogen-bond donors (Lipinski definition) is 1. The normalized spacial score (nSPS) is 10.4. The summed E-state index contributed by atoms with van der Waals surface area (Å²) in [4.78, 5) is 23.0. The monoisotopic (exact) mass is 376 g/mol. The van der Waals surface area contributed by atoms with Crippen LogP contribution >= 0.6 is 0 Å². The van der Waals surface area contributed by atoms with Crippen molar-refractivity contribution < 1.29 is 14.5 Å². The molecule has 0 atom stereocenters. The Morgan fingerprint density at radius 1 is 0.857 bits per heavy atom. The van der Waals surface area contributed by atoms with E-state index in [2.05, 4.69) is 5.32 Å². The number of hydrogen-bond acceptors (Lipinski definition) is 4. The third kappa shape index (κ3) is 5.02. The van der Waals surface area contributed by atoms with Gasteiger partial charge in [0, 0.05) is 12.6 Å². The summed E-state index contributed by atoms with van der Waals surface area (Å²) in [5, 5.41) is 13.9. The molecule has 0 aliphatic rings. The Labute approximate surface area is 162 Å². The molecule has 0 saturated heterocycles. The van der Waals surface area contributed by atoms with Crippen LogP contribution in [0.1, 0.15) is 27.0 Å². The van der Waals surface area contributed by atoms with Crippen molar-refractivity contribution in [1.82, 2.24) is 5.32 Å². The SMILES string of the molecule is O=C(NCc1ccccc1COCc1ccccc1)c1ccccc1[N+](=O)[O-]. The highest BCUT2D eigenvalue weighted by Crippen LogP contribution is 2.18. The van der Waals surface area contributed by atoms with Crippen molar-refractivity contribution in [3.63, 3.8) is 0 Å². The Morgan fingerprint density at radius 3 is 2.25 bits per heavy atom. The first-order valence-corrected chi connectivity index (χ1v) is 8.85. The highest BCUT2D eigenvalue weighted by molar-refractivity contribution is 5.98. The van der Waals surface area contributed by atoms with Crippen LogP contribution in [0.3, 0.4) is 0 Å². The third-order valence-corrected chi connectivity index (χ3v) is 4.27. The van der Waals surface area contributed by atoms with Crippen molar-refractivity contribution in [2.45, 2.75) is 19.8 Å². The minimum atomic E-state index is -0.555. The van der Waals surface area contributed by atoms with Gasteiger partial charge in [-0.1, -0.05) is 66.7 Å². The molecule has 1 amide bonds. The fourth-order valence-corrected chi connectivity index (χ4v) is 2.82. The Bertz CT molecular complexity index is 958. The summed E-state index contributed by atoms with van der Waals surface area (Å²) in [6.07, 6.45) is 0. The van der Waals surface area contributed by atoms with Crippen LogP contribution in [0, 0.1) is 10.1 Å². The van der Waals surface area contributed by atoms with Gasteiger partial charge in [-0.25, -0.2) is 0 Å². The number of carbonyl (C=O) groups is 1. The fourth-order valence-electron chi connectivity index (χ4n) is 2.82. The molecule has 0 bridgehead atoms. The number of nitro benzene ring substituents is 1. The molecule has 1 N–H and O–H groups in total. The van der Waals surface area contributed by atoms with Crippen LogP contribution in [0.15, 0.2) is 78.9 Å². The molecular weight excluding hydrogens is 356 g/mol. The van der Waals surface area contributed by atoms with Crippen molar-refractivity contribution in [3.05, 3.63) is 111 Å². The van der Waals surface area contributed by atoms with E-state index in [9.17, 15) is 14.9 Å². The first kappa shape index (κ1) is 19.3. The zero-order valence-electron chi connectivity index (χ0n) is 15.2. The minimum absolute atomic E-state index is 0.0466. The van der Waals surface area contributed by atoms with Crippen molar-refractivity contribution >= 4 is 11.6 Å². The number of nitrogens with zero attached hydrogens (tertiary/aromatic N) is 1. The molecule has 0 unspecified atom stereocenters. The van der Waals surface area contributed by atoms with E-state index in [-0.39, 0.29) is 17.8 Å². The van der Waals surface area contributed by atoms with Crippen LogP contribution in [0.2, 0.25) is 0 Å². The number of nitro groups is 1. The summed E-state index contributed by atoms with van der Waals surface area (Å²) in [5.41, 5.74) is 2.79. The molecule has 0 radical (unpaired) electrons. The van der Waals surface area contributed by atoms with Crippen LogP contribution in [-0.4, -0.2) is 10.8 Å². The van der Waals surface area contributed by atoms with E-state index in [1.807, 2.05) is 54.6 Å². The van der Waals surface area contributed by atoms with Gasteiger partial charge >= 0.3 is 0 Å². The van der Waals surface area contributed by atoms with E-state index >= 15 is 0 Å². The lowest BCUT2D eigenvalue weighted by Crippen LogP contribution is -2.24. The lowest BCUT2D eigenvalue weighted by molar-refractivity contribution is -0.385. The molecule has 6 heteroatoms. The second kappa shape index (κ2) is 9.43. The Balaban J connectivity index is 1.62. The third-order valence-electron chi connectivity index (χ3n) is 4.27. The molecular formula is C22H20N2O4. The molecule has 0 fully saturated rings. The van der Waals surface area contributed by atoms with Crippen molar-refractivity contribution in [2.75, 3.05) is 0 Å². The summed E-state index contributed by atoms with van der Waals surface area (Å²) in [6.45, 7) is 1.17. The average molecular weight is 376 g/mol. The molecule has 0 aliphatic heterocycles. The summed E-state index contributed by atoms with van der Waals surface area (Å²) >= 11 is 0. The zero-order valence-corrected chi connectivity index (χ0v) is 15.2. The summed E-state index contributed by atoms with van der Waals surface area (Å²) in [7, 11) is 0. The first-order chi connectivity index (χ1) is 13.6. The van der Waals surface area contributed by atoms with Gasteiger partial charge in [-0.05, 0) is 22.8 Å². The highest BCUT2D eigenvalue weighted by Gasteiger charge is 2.19. The van der Waals surface area contributed by atoms with Gasteiger partial charge in [-0.3, -0.25) is 14.9 Å². The van der Waals surface area contributed by atoms with Gasteiger partial charge in [0.1, 0.15) is 5.56 Å². The van der Waals surface area contributed by atoms with Gasteiger partial charge in [-0.15, -0.1) is 0 Å². The number of para-hydroxylation sites is 1. The molecule has 3 rings (SSSR count). The van der Waals surface area contributed by atoms with Crippen LogP contribution < -0.4 is 5.32 Å². The van der Waals surface area contributed by atoms with Crippen molar-refractivity contribution in [1.29, 1.82) is 0 Å². The summed E-state index contributed by atoms with van der Waals surface area (Å²) in [5.74, 6) is -0.479. The first-order valence-electron chi connectivity index (χ1n) is 8.85. The van der Waals surface area contributed by atoms with Gasteiger partial charge in [0.2, 0.25) is 0 Å². The predicted octanol–water partition coefficient (Wildman–Crippen LogP) is 4.24. The summed E-state index contributed by atoms with van der Waals surface area (Å²) < 4.78 is 5.79. The zero-order chi connectivity index (χ0) is 19.8. The number of carbonyl (C=O) groups excluding carboxylic acids is 1. The Kier molecular flexibility index (Phi) is 6.49. The largest absolute Gasteiger partial charge is 0.372 e. The molecule has 0 spiro atoms. The van der Waals surface area contributed by atoms with Crippen LogP contribution in [0.25, 0.3) is 0 Å². The van der Waals surface area contributed by atoms with E-state index in [1.54, 1.807) is 6.07 Å². The molecule has 3 aromatic rings. The van der Waals surface area contributed by atoms with Gasteiger partial charge in [0.05, 0.1) is 18.1 Å². The maximum absolute atomic E-state index is 12.4. The van der Waals surface area contributed by atoms with Gasteiger partial charge in [-0.2, -0.15) is 0 Å². The molecule has 6 nitrogen and oxygen atoms in total. The molecule has 3 aromatic carbocycles. The molecule has 0 heterocycles. The Morgan fingerprint density at radius 2 is 1.50 bits per heavy atom. The molecule has 142 valence electrons. The van der Waals surface area contributed by atoms with E-state index in [1.165, 1.54) is 18.2 Å². The van der Waals surface area contributed by atoms with E-state index in [0.717, 1.165) is 16.7 Å². The number of benzene rings is 3. The van der Waals surface area contributed by atoms with Crippen LogP contribution in [0.4, 0.5) is 5.69 Å². The quantitative estimate of drug-likeness (QED) is 0.471. The Hall–Kier alpha value is -3.51. The standard InChI is InChI=1S/C22H20N2O4/c25-22(20-12-6-7-13-21(20)24(26)27)23-14-18-10-4-5-11-19(18)16-28-15-17-8-2-1-3-9-17/h1-13H,14-16H2,(H,23,25). The molecule has 0 saturated carbocycles. The van der Waals surface area contributed by atoms with Gasteiger partial charge in [0.25, 0.3) is 11.6 Å². The molecule has 0 aromatic heterocycles. The number of rotatable bonds is 8. The second-order valence-corrected chi connectivity index (χ2v) is 6.20. The second-order valence-electron chi connectivity index (χ2n) is 6.20. The maximum atomic E-state index is 12.4. The van der Waals surface area contributed by atoms with Crippen LogP contribution in [-0.2, 0) is 24.5 Å². The van der Waals surface area contributed by atoms with Crippen LogP contribution in [0.5, 0.6) is 0 Å². The number of nitrogens with one attached hydrogen (secondary N) is 1. The fraction of sp³-hybridized carbons (Fsp3) is 0.136. The number of ether oxygens (including phenoxy) is 1. The van der Waals surface area contributed by atoms with Crippen molar-refractivity contribution in [2.24, 2.45) is 0 Å². The average Bonchev–Trinajstić information content (AvgIpc) is 2.73. The van der Waals surface area contributed by atoms with Gasteiger partial charge < -0.3 is 10.1 Å². The lowest BCUT2D eigenvalue weighted by atomic mass is 10.1. The lowest BCUT2D eigenvalue weighted by Gasteiger charge is -2.11. The number of amides is 1. The predicted molar refractivity (Wildman–Crippen MR) is 106 cm³/mol. The van der Waals surface area contributed by atoms with E-state index in [0.29, 0.717) is 13.2 Å². The van der Waals surface area contributed by atoms with E-state index < -0.39 is 10.8 Å².